The third-order valence-corrected chi connectivity index (χ3v) is 5.35. The number of likely N-dealkylation sites (tertiary alicyclic amines) is 1. The molecule has 1 saturated heterocycles. The van der Waals surface area contributed by atoms with Crippen molar-refractivity contribution in [2.45, 2.75) is 45.4 Å². The third kappa shape index (κ3) is 4.04. The van der Waals surface area contributed by atoms with E-state index in [4.69, 9.17) is 9.51 Å². The fourth-order valence-corrected chi connectivity index (χ4v) is 3.74. The van der Waals surface area contributed by atoms with Gasteiger partial charge >= 0.3 is 0 Å². The van der Waals surface area contributed by atoms with Gasteiger partial charge in [0.2, 0.25) is 0 Å². The zero-order valence-corrected chi connectivity index (χ0v) is 17.0. The molecule has 1 aliphatic rings. The maximum absolute atomic E-state index is 12.6. The Morgan fingerprint density at radius 2 is 1.93 bits per heavy atom. The molecule has 0 N–H and O–H groups in total. The van der Waals surface area contributed by atoms with Gasteiger partial charge in [-0.25, -0.2) is 9.97 Å². The molecule has 0 radical (unpaired) electrons. The number of piperidine rings is 1. The molecule has 0 aliphatic carbocycles. The van der Waals surface area contributed by atoms with Crippen LogP contribution in [0.1, 0.15) is 66.1 Å². The number of nitrogens with zero attached hydrogens (tertiary/aromatic N) is 5. The molecule has 7 nitrogen and oxygen atoms in total. The second kappa shape index (κ2) is 8.11. The fraction of sp³-hybridized carbons (Fsp3) is 0.409. The predicted molar refractivity (Wildman–Crippen MR) is 108 cm³/mol. The van der Waals surface area contributed by atoms with Crippen LogP contribution in [0.25, 0.3) is 11.3 Å². The van der Waals surface area contributed by atoms with Crippen LogP contribution in [-0.4, -0.2) is 44.0 Å². The summed E-state index contributed by atoms with van der Waals surface area (Å²) in [4.78, 5) is 28.1. The number of amides is 1. The monoisotopic (exact) mass is 391 g/mol. The molecule has 1 amide bonds. The van der Waals surface area contributed by atoms with Crippen molar-refractivity contribution in [3.63, 3.8) is 0 Å². The lowest BCUT2D eigenvalue weighted by Crippen LogP contribution is -2.38. The van der Waals surface area contributed by atoms with Crippen LogP contribution in [-0.2, 0) is 0 Å². The van der Waals surface area contributed by atoms with E-state index in [1.165, 1.54) is 0 Å². The standard InChI is InChI=1S/C22H25N5O2/c1-14(2)20-18(19-12-15(3)26-29-19)13-24-21(25-20)16-6-10-27(11-7-16)22(28)17-4-8-23-9-5-17/h4-5,8-9,12-14,16H,6-7,10-11H2,1-3H3. The van der Waals surface area contributed by atoms with Crippen LogP contribution in [0.2, 0.25) is 0 Å². The van der Waals surface area contributed by atoms with Crippen molar-refractivity contribution in [1.29, 1.82) is 0 Å². The molecule has 1 aliphatic heterocycles. The van der Waals surface area contributed by atoms with Crippen LogP contribution < -0.4 is 0 Å². The summed E-state index contributed by atoms with van der Waals surface area (Å²) in [5, 5.41) is 3.98. The summed E-state index contributed by atoms with van der Waals surface area (Å²) in [5.74, 6) is 2.11. The lowest BCUT2D eigenvalue weighted by molar-refractivity contribution is 0.0711. The maximum Gasteiger partial charge on any atom is 0.253 e. The minimum atomic E-state index is 0.0608. The molecule has 0 unspecified atom stereocenters. The average Bonchev–Trinajstić information content (AvgIpc) is 3.19. The maximum atomic E-state index is 12.6. The van der Waals surface area contributed by atoms with Gasteiger partial charge in [-0.3, -0.25) is 9.78 Å². The largest absolute Gasteiger partial charge is 0.356 e. The highest BCUT2D eigenvalue weighted by Crippen LogP contribution is 2.32. The first-order valence-electron chi connectivity index (χ1n) is 10.0. The Kier molecular flexibility index (Phi) is 5.38. The summed E-state index contributed by atoms with van der Waals surface area (Å²) < 4.78 is 5.43. The van der Waals surface area contributed by atoms with Crippen LogP contribution in [0.5, 0.6) is 0 Å². The smallest absolute Gasteiger partial charge is 0.253 e. The number of hydrogen-bond acceptors (Lipinski definition) is 6. The van der Waals surface area contributed by atoms with E-state index in [0.717, 1.165) is 35.6 Å². The quantitative estimate of drug-likeness (QED) is 0.669. The van der Waals surface area contributed by atoms with Crippen molar-refractivity contribution < 1.29 is 9.32 Å². The lowest BCUT2D eigenvalue weighted by atomic mass is 9.94. The van der Waals surface area contributed by atoms with E-state index in [0.29, 0.717) is 24.4 Å². The van der Waals surface area contributed by atoms with Gasteiger partial charge in [0, 0.05) is 49.2 Å². The number of carbonyl (C=O) groups is 1. The predicted octanol–water partition coefficient (Wildman–Crippen LogP) is 3.98. The molecule has 7 heteroatoms. The van der Waals surface area contributed by atoms with Crippen molar-refractivity contribution >= 4 is 5.91 Å². The van der Waals surface area contributed by atoms with Gasteiger partial charge in [0.25, 0.3) is 5.91 Å². The number of rotatable bonds is 4. The van der Waals surface area contributed by atoms with E-state index in [-0.39, 0.29) is 17.7 Å². The first kappa shape index (κ1) is 19.2. The van der Waals surface area contributed by atoms with Gasteiger partial charge in [0.15, 0.2) is 5.76 Å². The average molecular weight is 391 g/mol. The molecule has 150 valence electrons. The fourth-order valence-electron chi connectivity index (χ4n) is 3.74. The molecule has 1 fully saturated rings. The summed E-state index contributed by atoms with van der Waals surface area (Å²) in [6, 6.07) is 5.43. The molecule has 4 heterocycles. The highest BCUT2D eigenvalue weighted by atomic mass is 16.5. The Hall–Kier alpha value is -3.09. The van der Waals surface area contributed by atoms with Crippen LogP contribution in [0.15, 0.2) is 41.3 Å². The van der Waals surface area contributed by atoms with Gasteiger partial charge in [-0.1, -0.05) is 19.0 Å². The summed E-state index contributed by atoms with van der Waals surface area (Å²) in [5.41, 5.74) is 3.39. The topological polar surface area (TPSA) is 85.0 Å². The Labute approximate surface area is 170 Å². The second-order valence-electron chi connectivity index (χ2n) is 7.82. The zero-order chi connectivity index (χ0) is 20.4. The SMILES string of the molecule is Cc1cc(-c2cnc(C3CCN(C(=O)c4ccncc4)CC3)nc2C(C)C)on1. The minimum Gasteiger partial charge on any atom is -0.356 e. The molecular weight excluding hydrogens is 366 g/mol. The van der Waals surface area contributed by atoms with Crippen molar-refractivity contribution in [1.82, 2.24) is 25.0 Å². The Balaban J connectivity index is 1.50. The van der Waals surface area contributed by atoms with E-state index in [9.17, 15) is 4.79 Å². The summed E-state index contributed by atoms with van der Waals surface area (Å²) in [6.45, 7) is 7.55. The lowest BCUT2D eigenvalue weighted by Gasteiger charge is -2.31. The zero-order valence-electron chi connectivity index (χ0n) is 17.0. The third-order valence-electron chi connectivity index (χ3n) is 5.35. The molecule has 3 aromatic heterocycles. The first-order chi connectivity index (χ1) is 14.0. The highest BCUT2D eigenvalue weighted by Gasteiger charge is 2.27. The molecule has 0 saturated carbocycles. The van der Waals surface area contributed by atoms with Gasteiger partial charge in [0.1, 0.15) is 5.82 Å². The number of aromatic nitrogens is 4. The van der Waals surface area contributed by atoms with Gasteiger partial charge in [-0.05, 0) is 37.8 Å². The van der Waals surface area contributed by atoms with E-state index >= 15 is 0 Å². The molecule has 0 bridgehead atoms. The summed E-state index contributed by atoms with van der Waals surface area (Å²) >= 11 is 0. The van der Waals surface area contributed by atoms with Crippen molar-refractivity contribution in [2.75, 3.05) is 13.1 Å². The Morgan fingerprint density at radius 3 is 2.55 bits per heavy atom. The number of aryl methyl sites for hydroxylation is 1. The minimum absolute atomic E-state index is 0.0608. The normalized spacial score (nSPS) is 15.1. The molecule has 0 spiro atoms. The van der Waals surface area contributed by atoms with E-state index in [2.05, 4.69) is 29.0 Å². The highest BCUT2D eigenvalue weighted by molar-refractivity contribution is 5.94. The molecular formula is C22H25N5O2. The van der Waals surface area contributed by atoms with Crippen molar-refractivity contribution in [3.05, 3.63) is 59.6 Å². The van der Waals surface area contributed by atoms with Crippen LogP contribution in [0.3, 0.4) is 0 Å². The Bertz CT molecular complexity index is 991. The summed E-state index contributed by atoms with van der Waals surface area (Å²) in [6.07, 6.45) is 6.87. The van der Waals surface area contributed by atoms with Gasteiger partial charge < -0.3 is 9.42 Å². The molecule has 29 heavy (non-hydrogen) atoms. The van der Waals surface area contributed by atoms with Crippen LogP contribution in [0.4, 0.5) is 0 Å². The first-order valence-corrected chi connectivity index (χ1v) is 10.0. The van der Waals surface area contributed by atoms with Gasteiger partial charge in [-0.2, -0.15) is 0 Å². The molecule has 3 aromatic rings. The number of hydrogen-bond donors (Lipinski definition) is 0. The van der Waals surface area contributed by atoms with Crippen molar-refractivity contribution in [3.8, 4) is 11.3 Å². The molecule has 4 rings (SSSR count). The van der Waals surface area contributed by atoms with E-state index < -0.39 is 0 Å². The van der Waals surface area contributed by atoms with Crippen LogP contribution in [0, 0.1) is 6.92 Å². The van der Waals surface area contributed by atoms with Gasteiger partial charge in [0.05, 0.1) is 17.0 Å². The second-order valence-corrected chi connectivity index (χ2v) is 7.82. The number of carbonyl (C=O) groups excluding carboxylic acids is 1. The molecule has 0 aromatic carbocycles. The van der Waals surface area contributed by atoms with Crippen LogP contribution >= 0.6 is 0 Å². The summed E-state index contributed by atoms with van der Waals surface area (Å²) in [7, 11) is 0. The van der Waals surface area contributed by atoms with Gasteiger partial charge in [-0.15, -0.1) is 0 Å². The van der Waals surface area contributed by atoms with E-state index in [1.54, 1.807) is 24.5 Å². The van der Waals surface area contributed by atoms with E-state index in [1.807, 2.05) is 24.1 Å². The van der Waals surface area contributed by atoms with Crippen molar-refractivity contribution in [2.24, 2.45) is 0 Å². The Morgan fingerprint density at radius 1 is 1.21 bits per heavy atom. The molecule has 0 atom stereocenters. The number of pyridine rings is 1.